The number of rotatable bonds is 3. The molecule has 0 fully saturated rings. The summed E-state index contributed by atoms with van der Waals surface area (Å²) in [6, 6.07) is 8.36. The quantitative estimate of drug-likeness (QED) is 0.730. The van der Waals surface area contributed by atoms with Crippen molar-refractivity contribution < 1.29 is 18.0 Å². The normalized spacial score (nSPS) is 11.2. The maximum absolute atomic E-state index is 12.5. The lowest BCUT2D eigenvalue weighted by molar-refractivity contribution is -0.137. The molecule has 5 nitrogen and oxygen atoms in total. The second-order valence-corrected chi connectivity index (χ2v) is 5.56. The second-order valence-electron chi connectivity index (χ2n) is 5.15. The molecule has 0 saturated heterocycles. The third-order valence-electron chi connectivity index (χ3n) is 3.36. The van der Waals surface area contributed by atoms with Gasteiger partial charge in [-0.15, -0.1) is 0 Å². The van der Waals surface area contributed by atoms with E-state index < -0.39 is 17.6 Å². The molecule has 0 unspecified atom stereocenters. The number of nitrogens with zero attached hydrogens (tertiary/aromatic N) is 3. The van der Waals surface area contributed by atoms with E-state index in [9.17, 15) is 18.0 Å². The summed E-state index contributed by atoms with van der Waals surface area (Å²) in [5.41, 5.74) is 0.325. The van der Waals surface area contributed by atoms with Crippen molar-refractivity contribution in [3.8, 4) is 11.3 Å². The minimum absolute atomic E-state index is 0.0124. The number of halogens is 4. The average molecular weight is 379 g/mol. The van der Waals surface area contributed by atoms with Gasteiger partial charge in [0.1, 0.15) is 11.5 Å². The number of carbonyl (C=O) groups excluding carboxylic acids is 1. The number of anilines is 1. The van der Waals surface area contributed by atoms with Gasteiger partial charge in [0, 0.05) is 24.2 Å². The third-order valence-corrected chi connectivity index (χ3v) is 3.67. The summed E-state index contributed by atoms with van der Waals surface area (Å²) in [4.78, 5) is 23.9. The Kier molecular flexibility index (Phi) is 4.85. The van der Waals surface area contributed by atoms with Gasteiger partial charge in [-0.05, 0) is 36.4 Å². The van der Waals surface area contributed by atoms with Crippen molar-refractivity contribution in [2.45, 2.75) is 6.18 Å². The van der Waals surface area contributed by atoms with Crippen LogP contribution in [0.15, 0.2) is 55.0 Å². The Labute approximate surface area is 150 Å². The van der Waals surface area contributed by atoms with Gasteiger partial charge in [0.2, 0.25) is 0 Å². The van der Waals surface area contributed by atoms with Gasteiger partial charge in [0.05, 0.1) is 16.3 Å². The van der Waals surface area contributed by atoms with Gasteiger partial charge in [-0.1, -0.05) is 11.6 Å². The monoisotopic (exact) mass is 378 g/mol. The Morgan fingerprint density at radius 2 is 1.81 bits per heavy atom. The van der Waals surface area contributed by atoms with E-state index in [4.69, 9.17) is 11.6 Å². The van der Waals surface area contributed by atoms with E-state index in [2.05, 4.69) is 20.3 Å². The van der Waals surface area contributed by atoms with Crippen LogP contribution in [0.25, 0.3) is 11.3 Å². The van der Waals surface area contributed by atoms with E-state index in [0.29, 0.717) is 22.5 Å². The highest BCUT2D eigenvalue weighted by Gasteiger charge is 2.30. The molecule has 0 aliphatic heterocycles. The predicted molar refractivity (Wildman–Crippen MR) is 89.7 cm³/mol. The number of carbonyl (C=O) groups is 1. The molecule has 1 N–H and O–H groups in total. The fourth-order valence-electron chi connectivity index (χ4n) is 2.08. The lowest BCUT2D eigenvalue weighted by Crippen LogP contribution is -2.15. The Balaban J connectivity index is 1.73. The Morgan fingerprint density at radius 3 is 2.38 bits per heavy atom. The van der Waals surface area contributed by atoms with Crippen LogP contribution in [-0.2, 0) is 6.18 Å². The van der Waals surface area contributed by atoms with Gasteiger partial charge in [0.15, 0.2) is 0 Å². The van der Waals surface area contributed by atoms with E-state index in [1.54, 1.807) is 24.4 Å². The van der Waals surface area contributed by atoms with Crippen LogP contribution in [0.1, 0.15) is 16.1 Å². The Hall–Kier alpha value is -3.00. The van der Waals surface area contributed by atoms with Crippen molar-refractivity contribution in [3.63, 3.8) is 0 Å². The van der Waals surface area contributed by atoms with Crippen molar-refractivity contribution in [2.75, 3.05) is 5.32 Å². The van der Waals surface area contributed by atoms with Crippen LogP contribution in [0.3, 0.4) is 0 Å². The van der Waals surface area contributed by atoms with Crippen molar-refractivity contribution in [1.82, 2.24) is 15.0 Å². The number of aromatic nitrogens is 3. The first-order chi connectivity index (χ1) is 12.3. The number of alkyl halides is 3. The summed E-state index contributed by atoms with van der Waals surface area (Å²) in [6.45, 7) is 0. The van der Waals surface area contributed by atoms with Gasteiger partial charge in [-0.25, -0.2) is 4.98 Å². The molecule has 3 aromatic heterocycles. The lowest BCUT2D eigenvalue weighted by Gasteiger charge is -2.08. The molecule has 0 atom stereocenters. The first kappa shape index (κ1) is 17.8. The second kappa shape index (κ2) is 7.09. The number of nitrogens with one attached hydrogen (secondary N) is 1. The van der Waals surface area contributed by atoms with Gasteiger partial charge >= 0.3 is 6.18 Å². The van der Waals surface area contributed by atoms with E-state index in [0.717, 1.165) is 12.1 Å². The summed E-state index contributed by atoms with van der Waals surface area (Å²) in [7, 11) is 0. The van der Waals surface area contributed by atoms with Crippen LogP contribution >= 0.6 is 11.6 Å². The van der Waals surface area contributed by atoms with Crippen LogP contribution in [-0.4, -0.2) is 20.9 Å². The van der Waals surface area contributed by atoms with Crippen molar-refractivity contribution in [2.24, 2.45) is 0 Å². The zero-order valence-electron chi connectivity index (χ0n) is 13.0. The molecule has 26 heavy (non-hydrogen) atoms. The van der Waals surface area contributed by atoms with Crippen molar-refractivity contribution in [1.29, 1.82) is 0 Å². The van der Waals surface area contributed by atoms with E-state index in [1.165, 1.54) is 12.3 Å². The molecule has 0 saturated carbocycles. The lowest BCUT2D eigenvalue weighted by atomic mass is 10.1. The third kappa shape index (κ3) is 3.97. The maximum Gasteiger partial charge on any atom is 0.417 e. The fourth-order valence-corrected chi connectivity index (χ4v) is 2.31. The van der Waals surface area contributed by atoms with Crippen LogP contribution in [0.5, 0.6) is 0 Å². The summed E-state index contributed by atoms with van der Waals surface area (Å²) in [6.07, 6.45) is -0.823. The fraction of sp³-hybridized carbons (Fsp3) is 0.0588. The molecule has 0 bridgehead atoms. The summed E-state index contributed by atoms with van der Waals surface area (Å²) in [5.74, 6) is -0.613. The number of hydrogen-bond acceptors (Lipinski definition) is 4. The van der Waals surface area contributed by atoms with Crippen LogP contribution in [0, 0.1) is 0 Å². The average Bonchev–Trinajstić information content (AvgIpc) is 2.62. The SMILES string of the molecule is O=C(Nc1ccc(C(F)(F)F)cn1)c1ccc(-c2ncccc2Cl)cn1. The molecule has 0 aliphatic carbocycles. The molecule has 0 radical (unpaired) electrons. The van der Waals surface area contributed by atoms with Gasteiger partial charge in [-0.2, -0.15) is 13.2 Å². The highest BCUT2D eigenvalue weighted by molar-refractivity contribution is 6.33. The minimum Gasteiger partial charge on any atom is -0.305 e. The highest BCUT2D eigenvalue weighted by Crippen LogP contribution is 2.29. The smallest absolute Gasteiger partial charge is 0.305 e. The van der Waals surface area contributed by atoms with Gasteiger partial charge < -0.3 is 5.32 Å². The van der Waals surface area contributed by atoms with E-state index in [-0.39, 0.29) is 11.5 Å². The molecule has 9 heteroatoms. The van der Waals surface area contributed by atoms with Crippen molar-refractivity contribution in [3.05, 3.63) is 71.3 Å². The zero-order valence-corrected chi connectivity index (χ0v) is 13.7. The molecule has 132 valence electrons. The number of pyridine rings is 3. The molecule has 3 aromatic rings. The highest BCUT2D eigenvalue weighted by atomic mass is 35.5. The molecule has 0 aromatic carbocycles. The minimum atomic E-state index is -4.49. The number of amides is 1. The zero-order chi connectivity index (χ0) is 18.7. The van der Waals surface area contributed by atoms with Gasteiger partial charge in [0.25, 0.3) is 5.91 Å². The van der Waals surface area contributed by atoms with E-state index >= 15 is 0 Å². The number of hydrogen-bond donors (Lipinski definition) is 1. The van der Waals surface area contributed by atoms with Gasteiger partial charge in [-0.3, -0.25) is 14.8 Å². The summed E-state index contributed by atoms with van der Waals surface area (Å²) < 4.78 is 37.5. The standard InChI is InChI=1S/C17H10ClF3N4O/c18-12-2-1-7-22-15(12)10-3-5-13(23-8-10)16(26)25-14-6-4-11(9-24-14)17(19,20)21/h1-9H,(H,24,25,26). The molecule has 3 heterocycles. The Bertz CT molecular complexity index is 928. The van der Waals surface area contributed by atoms with Crippen molar-refractivity contribution >= 4 is 23.3 Å². The van der Waals surface area contributed by atoms with E-state index in [1.807, 2.05) is 0 Å². The maximum atomic E-state index is 12.5. The first-order valence-corrected chi connectivity index (χ1v) is 7.64. The molecule has 1 amide bonds. The first-order valence-electron chi connectivity index (χ1n) is 7.26. The van der Waals surface area contributed by atoms with Crippen LogP contribution < -0.4 is 5.32 Å². The molecular formula is C17H10ClF3N4O. The summed E-state index contributed by atoms with van der Waals surface area (Å²) >= 11 is 6.06. The summed E-state index contributed by atoms with van der Waals surface area (Å²) in [5, 5.41) is 2.83. The largest absolute Gasteiger partial charge is 0.417 e. The molecule has 3 rings (SSSR count). The predicted octanol–water partition coefficient (Wildman–Crippen LogP) is 4.46. The molecule has 0 spiro atoms. The molecular weight excluding hydrogens is 369 g/mol. The van der Waals surface area contributed by atoms with Crippen LogP contribution in [0.2, 0.25) is 5.02 Å². The van der Waals surface area contributed by atoms with Crippen LogP contribution in [0.4, 0.5) is 19.0 Å². The Morgan fingerprint density at radius 1 is 1.00 bits per heavy atom. The topological polar surface area (TPSA) is 67.8 Å². The molecule has 0 aliphatic rings.